The van der Waals surface area contributed by atoms with Crippen LogP contribution < -0.4 is 9.21 Å². The molecule has 1 N–H and O–H groups in total. The number of anilines is 2. The largest absolute Gasteiger partial charge is 0.490 e. The van der Waals surface area contributed by atoms with E-state index in [9.17, 15) is 26.4 Å². The van der Waals surface area contributed by atoms with Crippen molar-refractivity contribution in [2.75, 3.05) is 57.0 Å². The second-order valence-corrected chi connectivity index (χ2v) is 12.8. The van der Waals surface area contributed by atoms with Gasteiger partial charge in [0.15, 0.2) is 0 Å². The van der Waals surface area contributed by atoms with Gasteiger partial charge in [0.05, 0.1) is 23.0 Å². The van der Waals surface area contributed by atoms with Crippen molar-refractivity contribution in [3.8, 4) is 0 Å². The number of amides is 1. The molecule has 2 aliphatic rings. The second-order valence-electron chi connectivity index (χ2n) is 11.0. The predicted octanol–water partition coefficient (Wildman–Crippen LogP) is 4.38. The lowest BCUT2D eigenvalue weighted by atomic mass is 9.97. The Hall–Kier alpha value is -3.84. The molecular weight excluding hydrogens is 585 g/mol. The van der Waals surface area contributed by atoms with Crippen LogP contribution in [0.3, 0.4) is 0 Å². The van der Waals surface area contributed by atoms with Crippen molar-refractivity contribution in [2.45, 2.75) is 35.9 Å². The van der Waals surface area contributed by atoms with Crippen molar-refractivity contribution in [3.05, 3.63) is 66.2 Å². The van der Waals surface area contributed by atoms with E-state index in [0.717, 1.165) is 42.6 Å². The fourth-order valence-corrected chi connectivity index (χ4v) is 7.20. The lowest BCUT2D eigenvalue weighted by molar-refractivity contribution is -0.192. The molecule has 2 aliphatic heterocycles. The highest BCUT2D eigenvalue weighted by molar-refractivity contribution is 7.93. The van der Waals surface area contributed by atoms with Crippen LogP contribution in [0.1, 0.15) is 24.3 Å². The Kier molecular flexibility index (Phi) is 9.26. The van der Waals surface area contributed by atoms with Gasteiger partial charge in [0, 0.05) is 38.3 Å². The van der Waals surface area contributed by atoms with E-state index in [1.54, 1.807) is 12.1 Å². The van der Waals surface area contributed by atoms with Gasteiger partial charge in [0.2, 0.25) is 5.91 Å². The Balaban J connectivity index is 0.000000541. The van der Waals surface area contributed by atoms with Gasteiger partial charge in [0.1, 0.15) is 0 Å². The van der Waals surface area contributed by atoms with Crippen LogP contribution in [-0.4, -0.2) is 95.2 Å². The number of piperidine rings is 1. The standard InChI is InChI=1S/C28H34N4O3S.C2HF3O2/c1-29(2)22-12-13-23-20(18-22)8-7-11-27(23)36(34,35)32-19-25(24-9-5-6-10-26(24)32)28(33)31(4)21-14-16-30(3)17-15-21;3-2(4,5)1(6)7/h5-13,18,21,25H,14-17,19H2,1-4H3;(H,6,7). The molecule has 0 saturated carbocycles. The Morgan fingerprint density at radius 3 is 2.19 bits per heavy atom. The highest BCUT2D eigenvalue weighted by atomic mass is 32.2. The molecule has 1 atom stereocenters. The summed E-state index contributed by atoms with van der Waals surface area (Å²) in [7, 11) is 3.99. The van der Waals surface area contributed by atoms with Crippen molar-refractivity contribution in [3.63, 3.8) is 0 Å². The van der Waals surface area contributed by atoms with E-state index < -0.39 is 28.1 Å². The number of likely N-dealkylation sites (tertiary alicyclic amines) is 1. The predicted molar refractivity (Wildman–Crippen MR) is 159 cm³/mol. The lowest BCUT2D eigenvalue weighted by Gasteiger charge is -2.36. The number of hydrogen-bond acceptors (Lipinski definition) is 6. The van der Waals surface area contributed by atoms with Gasteiger partial charge in [-0.05, 0) is 68.2 Å². The number of halogens is 3. The van der Waals surface area contributed by atoms with Crippen molar-refractivity contribution < 1.29 is 36.3 Å². The summed E-state index contributed by atoms with van der Waals surface area (Å²) in [6.45, 7) is 2.03. The molecule has 0 spiro atoms. The molecule has 0 aliphatic carbocycles. The first-order valence-electron chi connectivity index (χ1n) is 13.7. The number of alkyl halides is 3. The molecule has 43 heavy (non-hydrogen) atoms. The van der Waals surface area contributed by atoms with Crippen molar-refractivity contribution in [1.82, 2.24) is 9.80 Å². The number of carboxylic acid groups (broad SMARTS) is 1. The zero-order valence-electron chi connectivity index (χ0n) is 24.4. The number of fused-ring (bicyclic) bond motifs is 2. The topological polar surface area (TPSA) is 101 Å². The molecule has 0 aromatic heterocycles. The number of rotatable bonds is 5. The van der Waals surface area contributed by atoms with Gasteiger partial charge in [-0.15, -0.1) is 0 Å². The number of carboxylic acids is 1. The van der Waals surface area contributed by atoms with E-state index >= 15 is 0 Å². The molecule has 5 rings (SSSR count). The van der Waals surface area contributed by atoms with Crippen LogP contribution in [0.25, 0.3) is 10.8 Å². The van der Waals surface area contributed by atoms with Crippen molar-refractivity contribution in [1.29, 1.82) is 0 Å². The van der Waals surface area contributed by atoms with Gasteiger partial charge >= 0.3 is 12.1 Å². The molecule has 2 heterocycles. The zero-order valence-corrected chi connectivity index (χ0v) is 25.2. The highest BCUT2D eigenvalue weighted by Crippen LogP contribution is 2.42. The number of sulfonamides is 1. The lowest BCUT2D eigenvalue weighted by Crippen LogP contribution is -2.46. The molecule has 13 heteroatoms. The number of aliphatic carboxylic acids is 1. The Morgan fingerprint density at radius 2 is 1.58 bits per heavy atom. The molecule has 1 fully saturated rings. The number of hydrogen-bond donors (Lipinski definition) is 1. The Morgan fingerprint density at radius 1 is 0.953 bits per heavy atom. The maximum atomic E-state index is 14.1. The van der Waals surface area contributed by atoms with Crippen LogP contribution in [0, 0.1) is 0 Å². The molecule has 3 aromatic carbocycles. The molecule has 1 amide bonds. The second kappa shape index (κ2) is 12.4. The molecule has 0 radical (unpaired) electrons. The third-order valence-electron chi connectivity index (χ3n) is 7.96. The maximum absolute atomic E-state index is 14.1. The molecule has 1 saturated heterocycles. The molecule has 0 bridgehead atoms. The first-order valence-corrected chi connectivity index (χ1v) is 15.1. The third-order valence-corrected chi connectivity index (χ3v) is 9.80. The van der Waals surface area contributed by atoms with E-state index in [0.29, 0.717) is 11.1 Å². The van der Waals surface area contributed by atoms with E-state index in [1.807, 2.05) is 79.5 Å². The van der Waals surface area contributed by atoms with Crippen LogP contribution >= 0.6 is 0 Å². The zero-order chi connectivity index (χ0) is 31.7. The fourth-order valence-electron chi connectivity index (χ4n) is 5.48. The van der Waals surface area contributed by atoms with Gasteiger partial charge in [-0.1, -0.05) is 36.4 Å². The monoisotopic (exact) mass is 620 g/mol. The number of nitrogens with zero attached hydrogens (tertiary/aromatic N) is 4. The number of carbonyl (C=O) groups excluding carboxylic acids is 1. The summed E-state index contributed by atoms with van der Waals surface area (Å²) in [5.74, 6) is -3.29. The molecule has 3 aromatic rings. The SMILES string of the molecule is CN1CCC(N(C)C(=O)C2CN(S(=O)(=O)c3cccc4cc(N(C)C)ccc34)c3ccccc32)CC1.O=C(O)C(F)(F)F. The van der Waals surface area contributed by atoms with E-state index in [4.69, 9.17) is 9.90 Å². The molecule has 9 nitrogen and oxygen atoms in total. The summed E-state index contributed by atoms with van der Waals surface area (Å²) >= 11 is 0. The first-order chi connectivity index (χ1) is 20.1. The van der Waals surface area contributed by atoms with Crippen LogP contribution in [-0.2, 0) is 19.6 Å². The highest BCUT2D eigenvalue weighted by Gasteiger charge is 2.42. The minimum absolute atomic E-state index is 0.0109. The van der Waals surface area contributed by atoms with Gasteiger partial charge in [-0.25, -0.2) is 13.2 Å². The van der Waals surface area contributed by atoms with Crippen LogP contribution in [0.4, 0.5) is 24.5 Å². The number of likely N-dealkylation sites (N-methyl/N-ethyl adjacent to an activating group) is 1. The minimum atomic E-state index is -5.08. The van der Waals surface area contributed by atoms with Gasteiger partial charge in [-0.3, -0.25) is 9.10 Å². The Labute approximate surface area is 249 Å². The Bertz CT molecular complexity index is 1600. The van der Waals surface area contributed by atoms with Gasteiger partial charge in [-0.2, -0.15) is 13.2 Å². The normalized spacial score (nSPS) is 17.7. The smallest absolute Gasteiger partial charge is 0.475 e. The van der Waals surface area contributed by atoms with E-state index in [2.05, 4.69) is 11.9 Å². The third kappa shape index (κ3) is 6.72. The summed E-state index contributed by atoms with van der Waals surface area (Å²) in [6.07, 6.45) is -3.22. The van der Waals surface area contributed by atoms with Crippen molar-refractivity contribution >= 4 is 44.0 Å². The summed E-state index contributed by atoms with van der Waals surface area (Å²) in [5.41, 5.74) is 2.38. The molecular formula is C30H35F3N4O5S. The average Bonchev–Trinajstić information content (AvgIpc) is 3.36. The van der Waals surface area contributed by atoms with Gasteiger partial charge in [0.25, 0.3) is 10.0 Å². The summed E-state index contributed by atoms with van der Waals surface area (Å²) in [5, 5.41) is 8.67. The number of benzene rings is 3. The number of para-hydroxylation sites is 1. The van der Waals surface area contributed by atoms with Crippen LogP contribution in [0.15, 0.2) is 65.6 Å². The van der Waals surface area contributed by atoms with Crippen LogP contribution in [0.5, 0.6) is 0 Å². The fraction of sp³-hybridized carbons (Fsp3) is 0.400. The minimum Gasteiger partial charge on any atom is -0.475 e. The summed E-state index contributed by atoms with van der Waals surface area (Å²) in [6, 6.07) is 18.8. The van der Waals surface area contributed by atoms with Crippen molar-refractivity contribution in [2.24, 2.45) is 0 Å². The number of carbonyl (C=O) groups is 2. The summed E-state index contributed by atoms with van der Waals surface area (Å²) < 4.78 is 61.4. The molecule has 1 unspecified atom stereocenters. The molecule has 232 valence electrons. The van der Waals surface area contributed by atoms with Gasteiger partial charge < -0.3 is 19.8 Å². The average molecular weight is 621 g/mol. The van der Waals surface area contributed by atoms with E-state index in [1.165, 1.54) is 4.31 Å². The maximum Gasteiger partial charge on any atom is 0.490 e. The van der Waals surface area contributed by atoms with E-state index in [-0.39, 0.29) is 23.4 Å². The summed E-state index contributed by atoms with van der Waals surface area (Å²) in [4.78, 5) is 29.0. The quantitative estimate of drug-likeness (QED) is 0.452. The van der Waals surface area contributed by atoms with Crippen LogP contribution in [0.2, 0.25) is 0 Å². The first kappa shape index (κ1) is 32.1.